The van der Waals surface area contributed by atoms with Crippen LogP contribution < -0.4 is 5.32 Å². The van der Waals surface area contributed by atoms with Gasteiger partial charge in [0.2, 0.25) is 0 Å². The Morgan fingerprint density at radius 3 is 2.31 bits per heavy atom. The van der Waals surface area contributed by atoms with Crippen LogP contribution in [0.15, 0.2) is 59.8 Å². The molecular weight excluding hydrogens is 440 g/mol. The Labute approximate surface area is 208 Å². The Hall–Kier alpha value is -3.16. The van der Waals surface area contributed by atoms with E-state index in [0.717, 1.165) is 55.1 Å². The Bertz CT molecular complexity index is 1090. The Morgan fingerprint density at radius 2 is 1.66 bits per heavy atom. The van der Waals surface area contributed by atoms with Crippen molar-refractivity contribution in [1.29, 1.82) is 0 Å². The van der Waals surface area contributed by atoms with Crippen molar-refractivity contribution < 1.29 is 14.3 Å². The van der Waals surface area contributed by atoms with Crippen LogP contribution in [-0.4, -0.2) is 73.1 Å². The molecule has 1 atom stereocenters. The topological polar surface area (TPSA) is 65.1 Å². The number of nitrogens with zero attached hydrogens (tertiary/aromatic N) is 3. The van der Waals surface area contributed by atoms with Gasteiger partial charge in [-0.25, -0.2) is 9.59 Å². The fourth-order valence-corrected chi connectivity index (χ4v) is 4.86. The van der Waals surface area contributed by atoms with Crippen LogP contribution in [-0.2, 0) is 16.1 Å². The second-order valence-electron chi connectivity index (χ2n) is 9.42. The average Bonchev–Trinajstić information content (AvgIpc) is 2.85. The lowest BCUT2D eigenvalue weighted by Gasteiger charge is -2.39. The first-order valence-electron chi connectivity index (χ1n) is 12.4. The lowest BCUT2D eigenvalue weighted by molar-refractivity contribution is -0.139. The molecular formula is C28H36N4O3. The molecule has 2 aliphatic rings. The first-order valence-corrected chi connectivity index (χ1v) is 12.4. The number of aryl methyl sites for hydroxylation is 2. The number of esters is 1. The van der Waals surface area contributed by atoms with Crippen LogP contribution in [0.25, 0.3) is 0 Å². The Kier molecular flexibility index (Phi) is 7.88. The van der Waals surface area contributed by atoms with Crippen molar-refractivity contribution in [3.8, 4) is 0 Å². The van der Waals surface area contributed by atoms with E-state index in [0.29, 0.717) is 12.1 Å². The van der Waals surface area contributed by atoms with E-state index >= 15 is 0 Å². The van der Waals surface area contributed by atoms with Gasteiger partial charge in [-0.05, 0) is 37.5 Å². The van der Waals surface area contributed by atoms with Gasteiger partial charge in [-0.3, -0.25) is 14.7 Å². The number of piperazine rings is 1. The molecule has 0 bridgehead atoms. The SMILES string of the molecule is CCOC(=O)C1=C(CN2CCN(Cc3ccccc3)CC2)N(C)C(=O)NC1c1cc(C)ccc1C. The number of hydrogen-bond acceptors (Lipinski definition) is 5. The Balaban J connectivity index is 1.58. The maximum Gasteiger partial charge on any atom is 0.338 e. The van der Waals surface area contributed by atoms with Crippen LogP contribution in [0.3, 0.4) is 0 Å². The maximum atomic E-state index is 13.3. The maximum absolute atomic E-state index is 13.3. The van der Waals surface area contributed by atoms with Gasteiger partial charge < -0.3 is 10.1 Å². The Morgan fingerprint density at radius 1 is 1.00 bits per heavy atom. The summed E-state index contributed by atoms with van der Waals surface area (Å²) in [6, 6.07) is 15.9. The van der Waals surface area contributed by atoms with Gasteiger partial charge in [0.1, 0.15) is 0 Å². The minimum atomic E-state index is -0.535. The summed E-state index contributed by atoms with van der Waals surface area (Å²) in [5.74, 6) is -0.372. The van der Waals surface area contributed by atoms with E-state index < -0.39 is 6.04 Å². The quantitative estimate of drug-likeness (QED) is 0.619. The van der Waals surface area contributed by atoms with Crippen LogP contribution >= 0.6 is 0 Å². The van der Waals surface area contributed by atoms with Gasteiger partial charge in [0.25, 0.3) is 0 Å². The second-order valence-corrected chi connectivity index (χ2v) is 9.42. The normalized spacial score (nSPS) is 19.6. The van der Waals surface area contributed by atoms with E-state index in [1.807, 2.05) is 45.0 Å². The third kappa shape index (κ3) is 5.74. The number of ether oxygens (including phenoxy) is 1. The smallest absolute Gasteiger partial charge is 0.338 e. The van der Waals surface area contributed by atoms with Gasteiger partial charge in [-0.15, -0.1) is 0 Å². The summed E-state index contributed by atoms with van der Waals surface area (Å²) in [5.41, 5.74) is 5.59. The molecule has 7 heteroatoms. The molecule has 1 saturated heterocycles. The zero-order valence-corrected chi connectivity index (χ0v) is 21.2. The number of hydrogen-bond donors (Lipinski definition) is 1. The van der Waals surface area contributed by atoms with Crippen molar-refractivity contribution in [2.24, 2.45) is 0 Å². The van der Waals surface area contributed by atoms with Gasteiger partial charge in [0.05, 0.1) is 18.2 Å². The van der Waals surface area contributed by atoms with E-state index in [1.54, 1.807) is 11.9 Å². The molecule has 186 valence electrons. The highest BCUT2D eigenvalue weighted by Crippen LogP contribution is 2.33. The molecule has 2 aromatic carbocycles. The number of benzene rings is 2. The molecule has 2 heterocycles. The molecule has 35 heavy (non-hydrogen) atoms. The molecule has 0 saturated carbocycles. The van der Waals surface area contributed by atoms with E-state index in [2.05, 4.69) is 39.4 Å². The van der Waals surface area contributed by atoms with Crippen LogP contribution in [0.1, 0.15) is 35.2 Å². The van der Waals surface area contributed by atoms with Gasteiger partial charge in [0.15, 0.2) is 0 Å². The molecule has 2 amide bonds. The molecule has 0 aliphatic carbocycles. The minimum absolute atomic E-state index is 0.207. The van der Waals surface area contributed by atoms with Crippen molar-refractivity contribution in [3.63, 3.8) is 0 Å². The van der Waals surface area contributed by atoms with Crippen LogP contribution in [0.2, 0.25) is 0 Å². The summed E-state index contributed by atoms with van der Waals surface area (Å²) in [6.45, 7) is 11.2. The summed E-state index contributed by atoms with van der Waals surface area (Å²) in [5, 5.41) is 3.04. The molecule has 0 aromatic heterocycles. The largest absolute Gasteiger partial charge is 0.463 e. The number of carbonyl (C=O) groups is 2. The van der Waals surface area contributed by atoms with E-state index in [4.69, 9.17) is 4.74 Å². The minimum Gasteiger partial charge on any atom is -0.463 e. The van der Waals surface area contributed by atoms with Crippen molar-refractivity contribution in [1.82, 2.24) is 20.0 Å². The summed E-state index contributed by atoms with van der Waals surface area (Å²) in [4.78, 5) is 32.6. The number of likely N-dealkylation sites (N-methyl/N-ethyl adjacent to an activating group) is 1. The molecule has 1 fully saturated rings. The van der Waals surface area contributed by atoms with Crippen LogP contribution in [0.5, 0.6) is 0 Å². The standard InChI is InChI=1S/C28H36N4O3/c1-5-35-27(33)25-24(19-32-15-13-31(14-16-32)18-22-9-7-6-8-10-22)30(4)28(34)29-26(25)23-17-20(2)11-12-21(23)3/h6-12,17,26H,5,13-16,18-19H2,1-4H3,(H,29,34). The summed E-state index contributed by atoms with van der Waals surface area (Å²) >= 11 is 0. The summed E-state index contributed by atoms with van der Waals surface area (Å²) < 4.78 is 5.49. The molecule has 1 N–H and O–H groups in total. The van der Waals surface area contributed by atoms with E-state index in [-0.39, 0.29) is 18.6 Å². The summed E-state index contributed by atoms with van der Waals surface area (Å²) in [7, 11) is 1.73. The van der Waals surface area contributed by atoms with Crippen LogP contribution in [0.4, 0.5) is 4.79 Å². The third-order valence-electron chi connectivity index (χ3n) is 6.91. The fourth-order valence-electron chi connectivity index (χ4n) is 4.86. The van der Waals surface area contributed by atoms with Gasteiger partial charge in [-0.1, -0.05) is 54.1 Å². The number of amides is 2. The highest BCUT2D eigenvalue weighted by atomic mass is 16.5. The highest BCUT2D eigenvalue weighted by molar-refractivity contribution is 5.95. The fraction of sp³-hybridized carbons (Fsp3) is 0.429. The predicted octanol–water partition coefficient (Wildman–Crippen LogP) is 3.63. The highest BCUT2D eigenvalue weighted by Gasteiger charge is 2.38. The van der Waals surface area contributed by atoms with Gasteiger partial charge in [0, 0.05) is 52.0 Å². The molecule has 1 unspecified atom stereocenters. The molecule has 2 aliphatic heterocycles. The number of carbonyl (C=O) groups excluding carboxylic acids is 2. The monoisotopic (exact) mass is 476 g/mol. The third-order valence-corrected chi connectivity index (χ3v) is 6.91. The average molecular weight is 477 g/mol. The zero-order chi connectivity index (χ0) is 24.9. The van der Waals surface area contributed by atoms with E-state index in [1.165, 1.54) is 5.56 Å². The molecule has 0 radical (unpaired) electrons. The van der Waals surface area contributed by atoms with Gasteiger partial charge >= 0.3 is 12.0 Å². The van der Waals surface area contributed by atoms with Gasteiger partial charge in [-0.2, -0.15) is 0 Å². The van der Waals surface area contributed by atoms with Crippen molar-refractivity contribution >= 4 is 12.0 Å². The van der Waals surface area contributed by atoms with E-state index in [9.17, 15) is 9.59 Å². The second kappa shape index (κ2) is 11.1. The zero-order valence-electron chi connectivity index (χ0n) is 21.2. The first-order chi connectivity index (χ1) is 16.9. The lowest BCUT2D eigenvalue weighted by Crippen LogP contribution is -2.52. The molecule has 2 aromatic rings. The summed E-state index contributed by atoms with van der Waals surface area (Å²) in [6.07, 6.45) is 0. The van der Waals surface area contributed by atoms with Crippen molar-refractivity contribution in [2.75, 3.05) is 46.4 Å². The number of rotatable bonds is 7. The van der Waals surface area contributed by atoms with Crippen molar-refractivity contribution in [3.05, 3.63) is 82.1 Å². The molecule has 0 spiro atoms. The molecule has 7 nitrogen and oxygen atoms in total. The number of urea groups is 1. The number of nitrogens with one attached hydrogen (secondary N) is 1. The predicted molar refractivity (Wildman–Crippen MR) is 137 cm³/mol. The van der Waals surface area contributed by atoms with Crippen molar-refractivity contribution in [2.45, 2.75) is 33.4 Å². The first kappa shape index (κ1) is 24.9. The molecule has 4 rings (SSSR count). The lowest BCUT2D eigenvalue weighted by atomic mass is 9.90. The van der Waals surface area contributed by atoms with Crippen LogP contribution in [0, 0.1) is 13.8 Å².